The van der Waals surface area contributed by atoms with E-state index in [-0.39, 0.29) is 6.61 Å². The molecule has 0 saturated carbocycles. The number of rotatable bonds is 5. The molecule has 1 aliphatic heterocycles. The lowest BCUT2D eigenvalue weighted by Crippen LogP contribution is -2.50. The van der Waals surface area contributed by atoms with Gasteiger partial charge in [-0.25, -0.2) is 0 Å². The summed E-state index contributed by atoms with van der Waals surface area (Å²) in [6.07, 6.45) is 3.52. The van der Waals surface area contributed by atoms with E-state index in [0.29, 0.717) is 17.9 Å². The molecule has 1 saturated heterocycles. The van der Waals surface area contributed by atoms with Crippen LogP contribution in [0.1, 0.15) is 62.0 Å². The molecule has 1 fully saturated rings. The second kappa shape index (κ2) is 6.75. The van der Waals surface area contributed by atoms with E-state index in [2.05, 4.69) is 35.0 Å². The molecule has 0 spiro atoms. The molecule has 1 aromatic heterocycles. The van der Waals surface area contributed by atoms with Crippen LogP contribution in [0.15, 0.2) is 18.2 Å². The Morgan fingerprint density at radius 2 is 2.16 bits per heavy atom. The number of aromatic amines is 1. The quantitative estimate of drug-likeness (QED) is 0.781. The third kappa shape index (κ3) is 2.71. The normalized spacial score (nSPS) is 27.4. The number of hydrogen-bond donors (Lipinski definition) is 3. The number of piperidine rings is 1. The monoisotopic (exact) mass is 342 g/mol. The van der Waals surface area contributed by atoms with Crippen LogP contribution in [0.25, 0.3) is 10.9 Å². The lowest BCUT2D eigenvalue weighted by atomic mass is 9.71. The van der Waals surface area contributed by atoms with Gasteiger partial charge < -0.3 is 15.2 Å². The average molecular weight is 342 g/mol. The van der Waals surface area contributed by atoms with E-state index in [1.165, 1.54) is 16.5 Å². The smallest absolute Gasteiger partial charge is 0.0938 e. The molecule has 25 heavy (non-hydrogen) atoms. The van der Waals surface area contributed by atoms with Gasteiger partial charge in [0.25, 0.3) is 0 Å². The maximum absolute atomic E-state index is 10.5. The number of likely N-dealkylation sites (tertiary alicyclic amines) is 1. The Labute approximate surface area is 149 Å². The largest absolute Gasteiger partial charge is 0.396 e. The molecule has 3 N–H and O–H groups in total. The molecule has 0 bridgehead atoms. The van der Waals surface area contributed by atoms with Gasteiger partial charge in [0.2, 0.25) is 0 Å². The number of aliphatic hydroxyl groups is 2. The minimum Gasteiger partial charge on any atom is -0.396 e. The summed E-state index contributed by atoms with van der Waals surface area (Å²) in [4.78, 5) is 6.10. The Bertz CT molecular complexity index is 754. The van der Waals surface area contributed by atoms with Gasteiger partial charge in [-0.1, -0.05) is 26.0 Å². The Morgan fingerprint density at radius 3 is 2.88 bits per heavy atom. The zero-order valence-corrected chi connectivity index (χ0v) is 15.3. The van der Waals surface area contributed by atoms with Crippen molar-refractivity contribution in [1.29, 1.82) is 0 Å². The van der Waals surface area contributed by atoms with Crippen molar-refractivity contribution in [2.24, 2.45) is 5.92 Å². The molecule has 1 aliphatic carbocycles. The highest BCUT2D eigenvalue weighted by Gasteiger charge is 2.41. The van der Waals surface area contributed by atoms with Gasteiger partial charge in [-0.2, -0.15) is 0 Å². The number of fused-ring (bicyclic) bond motifs is 2. The molecule has 0 radical (unpaired) electrons. The molecule has 2 aliphatic rings. The molecule has 0 amide bonds. The van der Waals surface area contributed by atoms with Crippen LogP contribution in [0.5, 0.6) is 0 Å². The van der Waals surface area contributed by atoms with E-state index in [0.717, 1.165) is 50.0 Å². The highest BCUT2D eigenvalue weighted by Crippen LogP contribution is 2.46. The molecule has 4 rings (SSSR count). The Balaban J connectivity index is 1.84. The summed E-state index contributed by atoms with van der Waals surface area (Å²) in [5, 5.41) is 21.7. The topological polar surface area (TPSA) is 59.5 Å². The maximum atomic E-state index is 10.5. The first kappa shape index (κ1) is 17.1. The highest BCUT2D eigenvalue weighted by atomic mass is 16.3. The third-order valence-corrected chi connectivity index (χ3v) is 6.31. The lowest BCUT2D eigenvalue weighted by Gasteiger charge is -2.47. The second-order valence-electron chi connectivity index (χ2n) is 7.87. The van der Waals surface area contributed by atoms with Crippen molar-refractivity contribution in [2.45, 2.75) is 57.6 Å². The van der Waals surface area contributed by atoms with Crippen LogP contribution in [0.3, 0.4) is 0 Å². The van der Waals surface area contributed by atoms with E-state index >= 15 is 0 Å². The molecular formula is C21H30N2O2. The van der Waals surface area contributed by atoms with E-state index in [9.17, 15) is 10.2 Å². The van der Waals surface area contributed by atoms with Crippen molar-refractivity contribution < 1.29 is 10.2 Å². The van der Waals surface area contributed by atoms with Gasteiger partial charge in [0.15, 0.2) is 0 Å². The van der Waals surface area contributed by atoms with Gasteiger partial charge >= 0.3 is 0 Å². The predicted octanol–water partition coefficient (Wildman–Crippen LogP) is 3.34. The molecule has 136 valence electrons. The zero-order valence-electron chi connectivity index (χ0n) is 15.3. The van der Waals surface area contributed by atoms with Crippen molar-refractivity contribution in [2.75, 3.05) is 19.7 Å². The van der Waals surface area contributed by atoms with Gasteiger partial charge in [-0.05, 0) is 55.3 Å². The summed E-state index contributed by atoms with van der Waals surface area (Å²) >= 11 is 0. The van der Waals surface area contributed by atoms with E-state index in [1.807, 2.05) is 6.92 Å². The molecule has 1 aromatic carbocycles. The van der Waals surface area contributed by atoms with Crippen molar-refractivity contribution >= 4 is 10.9 Å². The number of nitrogens with one attached hydrogen (secondary N) is 1. The fourth-order valence-corrected chi connectivity index (χ4v) is 5.18. The molecule has 1 unspecified atom stereocenters. The van der Waals surface area contributed by atoms with Crippen molar-refractivity contribution in [3.05, 3.63) is 35.0 Å². The number of nitrogens with zero attached hydrogens (tertiary/aromatic N) is 1. The van der Waals surface area contributed by atoms with Crippen LogP contribution in [-0.4, -0.2) is 45.8 Å². The Morgan fingerprint density at radius 1 is 1.32 bits per heavy atom. The van der Waals surface area contributed by atoms with E-state index in [4.69, 9.17) is 0 Å². The minimum atomic E-state index is -0.416. The Kier molecular flexibility index (Phi) is 4.61. The first-order valence-electron chi connectivity index (χ1n) is 9.84. The van der Waals surface area contributed by atoms with Crippen LogP contribution >= 0.6 is 0 Å². The third-order valence-electron chi connectivity index (χ3n) is 6.31. The Hall–Kier alpha value is -1.36. The summed E-state index contributed by atoms with van der Waals surface area (Å²) in [7, 11) is 0. The molecule has 2 aromatic rings. The predicted molar refractivity (Wildman–Crippen MR) is 101 cm³/mol. The molecule has 4 nitrogen and oxygen atoms in total. The molecule has 4 atom stereocenters. The van der Waals surface area contributed by atoms with Gasteiger partial charge in [0.05, 0.1) is 6.10 Å². The lowest BCUT2D eigenvalue weighted by molar-refractivity contribution is 0.0566. The van der Waals surface area contributed by atoms with Crippen LogP contribution in [0.4, 0.5) is 0 Å². The van der Waals surface area contributed by atoms with Crippen LogP contribution < -0.4 is 0 Å². The number of hydrogen-bond acceptors (Lipinski definition) is 3. The van der Waals surface area contributed by atoms with E-state index in [1.54, 1.807) is 0 Å². The van der Waals surface area contributed by atoms with Gasteiger partial charge in [-0.15, -0.1) is 0 Å². The number of aliphatic hydroxyl groups excluding tert-OH is 2. The molecular weight excluding hydrogens is 312 g/mol. The second-order valence-corrected chi connectivity index (χ2v) is 7.87. The van der Waals surface area contributed by atoms with Crippen molar-refractivity contribution in [3.63, 3.8) is 0 Å². The van der Waals surface area contributed by atoms with Gasteiger partial charge in [0.1, 0.15) is 0 Å². The minimum absolute atomic E-state index is 0.277. The fraction of sp³-hybridized carbons (Fsp3) is 0.619. The summed E-state index contributed by atoms with van der Waals surface area (Å²) in [6, 6.07) is 7.02. The number of H-pyrrole nitrogens is 1. The highest BCUT2D eigenvalue weighted by molar-refractivity contribution is 5.90. The number of benzene rings is 1. The van der Waals surface area contributed by atoms with Crippen molar-refractivity contribution in [3.8, 4) is 0 Å². The molecule has 2 heterocycles. The SMILES string of the molecule is CCCN1C[C@H](CO)C[C@@H]2c3cccc4[nH]c(C(O)CC)c(c34)C[C@H]21. The fourth-order valence-electron chi connectivity index (χ4n) is 5.18. The van der Waals surface area contributed by atoms with Crippen LogP contribution in [-0.2, 0) is 6.42 Å². The van der Waals surface area contributed by atoms with Crippen LogP contribution in [0, 0.1) is 5.92 Å². The molecule has 4 heteroatoms. The van der Waals surface area contributed by atoms with E-state index < -0.39 is 6.10 Å². The zero-order chi connectivity index (χ0) is 17.6. The van der Waals surface area contributed by atoms with Gasteiger partial charge in [0, 0.05) is 41.7 Å². The maximum Gasteiger partial charge on any atom is 0.0938 e. The van der Waals surface area contributed by atoms with Gasteiger partial charge in [-0.3, -0.25) is 4.90 Å². The summed E-state index contributed by atoms with van der Waals surface area (Å²) in [5.41, 5.74) is 4.91. The summed E-state index contributed by atoms with van der Waals surface area (Å²) < 4.78 is 0. The van der Waals surface area contributed by atoms with Crippen LogP contribution in [0.2, 0.25) is 0 Å². The van der Waals surface area contributed by atoms with Crippen molar-refractivity contribution in [1.82, 2.24) is 9.88 Å². The first-order chi connectivity index (χ1) is 12.2. The summed E-state index contributed by atoms with van der Waals surface area (Å²) in [6.45, 7) is 6.62. The standard InChI is InChI=1S/C21H30N2O2/c1-3-8-23-11-13(12-24)9-15-14-6-5-7-17-20(14)16(10-18(15)23)21(22-17)19(25)4-2/h5-7,13,15,18-19,22,24-25H,3-4,8-12H2,1-2H3/t13-,15-,18-,19?/m1/s1. The number of aromatic nitrogens is 1. The average Bonchev–Trinajstić information content (AvgIpc) is 3.01. The summed E-state index contributed by atoms with van der Waals surface area (Å²) in [5.74, 6) is 0.848. The first-order valence-corrected chi connectivity index (χ1v) is 9.84.